The van der Waals surface area contributed by atoms with Crippen molar-refractivity contribution in [2.75, 3.05) is 7.05 Å². The first-order chi connectivity index (χ1) is 10.6. The lowest BCUT2D eigenvalue weighted by Gasteiger charge is -2.16. The Labute approximate surface area is 128 Å². The monoisotopic (exact) mass is 298 g/mol. The third-order valence-electron chi connectivity index (χ3n) is 3.88. The van der Waals surface area contributed by atoms with E-state index >= 15 is 0 Å². The topological polar surface area (TPSA) is 75.0 Å². The Balaban J connectivity index is 1.74. The van der Waals surface area contributed by atoms with Gasteiger partial charge in [0.1, 0.15) is 11.4 Å². The Morgan fingerprint density at radius 3 is 2.95 bits per heavy atom. The summed E-state index contributed by atoms with van der Waals surface area (Å²) < 4.78 is 5.14. The number of amides is 1. The van der Waals surface area contributed by atoms with E-state index in [0.717, 1.165) is 33.6 Å². The molecule has 0 fully saturated rings. The number of carbonyl (C=O) groups excluding carboxylic acids is 1. The number of hydrogen-bond donors (Lipinski definition) is 1. The molecule has 22 heavy (non-hydrogen) atoms. The fraction of sp³-hybridized carbons (Fsp3) is 0.312. The molecule has 3 rings (SSSR count). The summed E-state index contributed by atoms with van der Waals surface area (Å²) in [4.78, 5) is 21.5. The van der Waals surface area contributed by atoms with Crippen LogP contribution in [0.4, 0.5) is 0 Å². The van der Waals surface area contributed by atoms with Crippen LogP contribution in [0, 0.1) is 13.8 Å². The molecule has 0 atom stereocenters. The summed E-state index contributed by atoms with van der Waals surface area (Å²) in [6.45, 7) is 4.25. The highest BCUT2D eigenvalue weighted by Crippen LogP contribution is 2.18. The molecule has 6 nitrogen and oxygen atoms in total. The predicted octanol–water partition coefficient (Wildman–Crippen LogP) is 2.37. The summed E-state index contributed by atoms with van der Waals surface area (Å²) in [5, 5.41) is 4.91. The molecule has 0 spiro atoms. The van der Waals surface area contributed by atoms with Gasteiger partial charge < -0.3 is 14.4 Å². The molecular formula is C16H18N4O2. The van der Waals surface area contributed by atoms with Crippen molar-refractivity contribution in [3.05, 3.63) is 47.1 Å². The molecule has 1 N–H and O–H groups in total. The number of pyridine rings is 1. The molecule has 0 bridgehead atoms. The minimum atomic E-state index is 0.0461. The second-order valence-corrected chi connectivity index (χ2v) is 5.44. The van der Waals surface area contributed by atoms with Crippen molar-refractivity contribution >= 4 is 16.9 Å². The molecule has 0 unspecified atom stereocenters. The van der Waals surface area contributed by atoms with Gasteiger partial charge in [-0.15, -0.1) is 0 Å². The summed E-state index contributed by atoms with van der Waals surface area (Å²) in [5.74, 6) is 0.804. The van der Waals surface area contributed by atoms with E-state index in [-0.39, 0.29) is 5.91 Å². The Bertz CT molecular complexity index is 799. The molecule has 0 radical (unpaired) electrons. The second kappa shape index (κ2) is 5.63. The van der Waals surface area contributed by atoms with Crippen LogP contribution in [0.3, 0.4) is 0 Å². The van der Waals surface area contributed by atoms with Gasteiger partial charge in [0.05, 0.1) is 18.7 Å². The molecule has 0 saturated heterocycles. The zero-order chi connectivity index (χ0) is 15.7. The first-order valence-electron chi connectivity index (χ1n) is 7.13. The van der Waals surface area contributed by atoms with Crippen molar-refractivity contribution in [2.24, 2.45) is 0 Å². The Hall–Kier alpha value is -2.63. The normalized spacial score (nSPS) is 11.0. The lowest BCUT2D eigenvalue weighted by Crippen LogP contribution is -2.28. The fourth-order valence-corrected chi connectivity index (χ4v) is 2.51. The number of rotatable bonds is 4. The molecule has 0 aliphatic rings. The van der Waals surface area contributed by atoms with Gasteiger partial charge in [-0.2, -0.15) is 0 Å². The quantitative estimate of drug-likeness (QED) is 0.802. The summed E-state index contributed by atoms with van der Waals surface area (Å²) in [5.41, 5.74) is 3.56. The van der Waals surface area contributed by atoms with E-state index < -0.39 is 0 Å². The molecule has 3 heterocycles. The highest BCUT2D eigenvalue weighted by atomic mass is 16.5. The maximum Gasteiger partial charge on any atom is 0.227 e. The van der Waals surface area contributed by atoms with Crippen LogP contribution in [0.15, 0.2) is 29.0 Å². The molecule has 0 aromatic carbocycles. The van der Waals surface area contributed by atoms with Gasteiger partial charge in [-0.1, -0.05) is 5.16 Å². The van der Waals surface area contributed by atoms with Crippen molar-refractivity contribution in [2.45, 2.75) is 26.8 Å². The molecule has 1 amide bonds. The van der Waals surface area contributed by atoms with Crippen molar-refractivity contribution in [3.63, 3.8) is 0 Å². The SMILES string of the molecule is Cc1noc(C)c1CN(C)C(=O)Cc1c[nH]c2ncccc12. The van der Waals surface area contributed by atoms with Crippen molar-refractivity contribution < 1.29 is 9.32 Å². The smallest absolute Gasteiger partial charge is 0.227 e. The van der Waals surface area contributed by atoms with Crippen LogP contribution in [0.2, 0.25) is 0 Å². The van der Waals surface area contributed by atoms with Gasteiger partial charge in [0.15, 0.2) is 0 Å². The van der Waals surface area contributed by atoms with Gasteiger partial charge >= 0.3 is 0 Å². The number of aryl methyl sites for hydroxylation is 2. The van der Waals surface area contributed by atoms with Crippen molar-refractivity contribution in [1.82, 2.24) is 20.0 Å². The number of H-pyrrole nitrogens is 1. The van der Waals surface area contributed by atoms with Crippen molar-refractivity contribution in [1.29, 1.82) is 0 Å². The highest BCUT2D eigenvalue weighted by Gasteiger charge is 2.17. The Morgan fingerprint density at radius 2 is 2.23 bits per heavy atom. The summed E-state index contributed by atoms with van der Waals surface area (Å²) in [6, 6.07) is 3.84. The Morgan fingerprint density at radius 1 is 1.41 bits per heavy atom. The average Bonchev–Trinajstić information content (AvgIpc) is 3.06. The fourth-order valence-electron chi connectivity index (χ4n) is 2.51. The molecular weight excluding hydrogens is 280 g/mol. The largest absolute Gasteiger partial charge is 0.361 e. The van der Waals surface area contributed by atoms with E-state index in [1.807, 2.05) is 32.2 Å². The molecule has 3 aromatic heterocycles. The van der Waals surface area contributed by atoms with Gasteiger partial charge in [0.2, 0.25) is 5.91 Å². The molecule has 3 aromatic rings. The number of hydrogen-bond acceptors (Lipinski definition) is 4. The zero-order valence-corrected chi connectivity index (χ0v) is 12.9. The molecule has 0 saturated carbocycles. The molecule has 114 valence electrons. The lowest BCUT2D eigenvalue weighted by molar-refractivity contribution is -0.129. The van der Waals surface area contributed by atoms with Crippen LogP contribution in [0.25, 0.3) is 11.0 Å². The summed E-state index contributed by atoms with van der Waals surface area (Å²) in [6.07, 6.45) is 3.92. The van der Waals surface area contributed by atoms with Crippen LogP contribution in [-0.2, 0) is 17.8 Å². The van der Waals surface area contributed by atoms with Gasteiger partial charge in [-0.05, 0) is 31.5 Å². The number of fused-ring (bicyclic) bond motifs is 1. The molecule has 6 heteroatoms. The number of nitrogens with zero attached hydrogens (tertiary/aromatic N) is 3. The lowest BCUT2D eigenvalue weighted by atomic mass is 10.1. The average molecular weight is 298 g/mol. The predicted molar refractivity (Wildman–Crippen MR) is 82.2 cm³/mol. The first-order valence-corrected chi connectivity index (χ1v) is 7.13. The van der Waals surface area contributed by atoms with Crippen LogP contribution in [0.5, 0.6) is 0 Å². The van der Waals surface area contributed by atoms with Crippen LogP contribution in [-0.4, -0.2) is 33.0 Å². The van der Waals surface area contributed by atoms with E-state index in [4.69, 9.17) is 4.52 Å². The molecule has 0 aliphatic heterocycles. The minimum absolute atomic E-state index is 0.0461. The van der Waals surface area contributed by atoms with Gasteiger partial charge in [0.25, 0.3) is 0 Å². The van der Waals surface area contributed by atoms with E-state index in [9.17, 15) is 4.79 Å². The minimum Gasteiger partial charge on any atom is -0.361 e. The van der Waals surface area contributed by atoms with Gasteiger partial charge in [-0.25, -0.2) is 4.98 Å². The van der Waals surface area contributed by atoms with E-state index in [1.165, 1.54) is 0 Å². The zero-order valence-electron chi connectivity index (χ0n) is 12.9. The summed E-state index contributed by atoms with van der Waals surface area (Å²) in [7, 11) is 1.79. The van der Waals surface area contributed by atoms with Crippen LogP contribution < -0.4 is 0 Å². The number of aromatic nitrogens is 3. The second-order valence-electron chi connectivity index (χ2n) is 5.44. The maximum absolute atomic E-state index is 12.4. The van der Waals surface area contributed by atoms with Gasteiger partial charge in [-0.3, -0.25) is 4.79 Å². The number of aromatic amines is 1. The highest BCUT2D eigenvalue weighted by molar-refractivity contribution is 5.87. The van der Waals surface area contributed by atoms with E-state index in [2.05, 4.69) is 15.1 Å². The Kier molecular flexibility index (Phi) is 3.66. The van der Waals surface area contributed by atoms with Crippen LogP contribution in [0.1, 0.15) is 22.6 Å². The van der Waals surface area contributed by atoms with Crippen molar-refractivity contribution in [3.8, 4) is 0 Å². The third kappa shape index (κ3) is 2.59. The van der Waals surface area contributed by atoms with Gasteiger partial charge in [0, 0.05) is 30.4 Å². The van der Waals surface area contributed by atoms with Crippen LogP contribution >= 0.6 is 0 Å². The standard InChI is InChI=1S/C16H18N4O2/c1-10-14(11(2)22-19-10)9-20(3)15(21)7-12-8-18-16-13(12)5-4-6-17-16/h4-6,8H,7,9H2,1-3H3,(H,17,18). The van der Waals surface area contributed by atoms with E-state index in [1.54, 1.807) is 18.1 Å². The first kappa shape index (κ1) is 14.3. The maximum atomic E-state index is 12.4. The number of nitrogens with one attached hydrogen (secondary N) is 1. The number of likely N-dealkylation sites (N-methyl/N-ethyl adjacent to an activating group) is 1. The third-order valence-corrected chi connectivity index (χ3v) is 3.88. The summed E-state index contributed by atoms with van der Waals surface area (Å²) >= 11 is 0. The van der Waals surface area contributed by atoms with E-state index in [0.29, 0.717) is 13.0 Å². The number of carbonyl (C=O) groups is 1. The molecule has 0 aliphatic carbocycles.